The van der Waals surface area contributed by atoms with Crippen molar-refractivity contribution in [3.05, 3.63) is 174 Å². The third-order valence-corrected chi connectivity index (χ3v) is 10.8. The summed E-state index contributed by atoms with van der Waals surface area (Å²) in [6.45, 7) is 9.51. The third-order valence-electron chi connectivity index (χ3n) is 10.8. The van der Waals surface area contributed by atoms with Crippen LogP contribution in [0.15, 0.2) is 152 Å². The lowest BCUT2D eigenvalue weighted by atomic mass is 9.72. The minimum Gasteiger partial charge on any atom is -0.310 e. The van der Waals surface area contributed by atoms with Gasteiger partial charge in [-0.1, -0.05) is 137 Å². The lowest BCUT2D eigenvalue weighted by molar-refractivity contribution is 0.632. The summed E-state index contributed by atoms with van der Waals surface area (Å²) in [4.78, 5) is 2.48. The molecular weight excluding hydrogens is 567 g/mol. The Balaban J connectivity index is 1.23. The number of anilines is 3. The SMILES string of the molecule is CC1(C)c2ccccc2-c2ccc(-c3ccc4c(c3)C(C)(C)c3cc(-c5ccccc5)ccc3N4c3ccc4ccccc4c3)cc21. The molecule has 1 heteroatoms. The van der Waals surface area contributed by atoms with Crippen LogP contribution in [-0.4, -0.2) is 0 Å². The molecule has 0 spiro atoms. The first-order valence-corrected chi connectivity index (χ1v) is 16.7. The second kappa shape index (κ2) is 10.0. The summed E-state index contributed by atoms with van der Waals surface area (Å²) in [6, 6.07) is 56.4. The van der Waals surface area contributed by atoms with E-state index in [0.29, 0.717) is 0 Å². The minimum absolute atomic E-state index is 0.0327. The molecule has 0 amide bonds. The Morgan fingerprint density at radius 1 is 0.362 bits per heavy atom. The Bertz CT molecular complexity index is 2360. The van der Waals surface area contributed by atoms with Gasteiger partial charge >= 0.3 is 0 Å². The summed E-state index contributed by atoms with van der Waals surface area (Å²) in [5.74, 6) is 0. The third kappa shape index (κ3) is 4.16. The van der Waals surface area contributed by atoms with E-state index in [1.165, 1.54) is 83.5 Å². The average molecular weight is 604 g/mol. The van der Waals surface area contributed by atoms with E-state index in [0.717, 1.165) is 0 Å². The van der Waals surface area contributed by atoms with Crippen molar-refractivity contribution in [3.8, 4) is 33.4 Å². The van der Waals surface area contributed by atoms with E-state index in [9.17, 15) is 0 Å². The Kier molecular flexibility index (Phi) is 5.96. The molecule has 0 saturated heterocycles. The van der Waals surface area contributed by atoms with Gasteiger partial charge in [-0.25, -0.2) is 0 Å². The van der Waals surface area contributed by atoms with Gasteiger partial charge in [0, 0.05) is 16.5 Å². The number of fused-ring (bicyclic) bond motifs is 6. The van der Waals surface area contributed by atoms with E-state index in [1.54, 1.807) is 0 Å². The molecule has 1 nitrogen and oxygen atoms in total. The number of rotatable bonds is 3. The van der Waals surface area contributed by atoms with Crippen molar-refractivity contribution in [1.29, 1.82) is 0 Å². The molecule has 0 aromatic heterocycles. The summed E-state index contributed by atoms with van der Waals surface area (Å²) < 4.78 is 0. The maximum absolute atomic E-state index is 2.48. The summed E-state index contributed by atoms with van der Waals surface area (Å²) in [5.41, 5.74) is 16.6. The Labute approximate surface area is 277 Å². The smallest absolute Gasteiger partial charge is 0.0503 e. The van der Waals surface area contributed by atoms with Crippen LogP contribution in [0.25, 0.3) is 44.2 Å². The molecular formula is C46H37N. The van der Waals surface area contributed by atoms with Crippen molar-refractivity contribution in [3.63, 3.8) is 0 Å². The summed E-state index contributed by atoms with van der Waals surface area (Å²) in [7, 11) is 0. The maximum Gasteiger partial charge on any atom is 0.0503 e. The average Bonchev–Trinajstić information content (AvgIpc) is 3.34. The lowest BCUT2D eigenvalue weighted by Crippen LogP contribution is -2.30. The predicted molar refractivity (Wildman–Crippen MR) is 199 cm³/mol. The highest BCUT2D eigenvalue weighted by Gasteiger charge is 2.38. The summed E-state index contributed by atoms with van der Waals surface area (Å²) in [5, 5.41) is 2.50. The number of hydrogen-bond donors (Lipinski definition) is 0. The molecule has 0 unspecified atom stereocenters. The maximum atomic E-state index is 2.48. The zero-order chi connectivity index (χ0) is 31.9. The van der Waals surface area contributed by atoms with Crippen LogP contribution in [0, 0.1) is 0 Å². The topological polar surface area (TPSA) is 3.24 Å². The molecule has 7 aromatic rings. The van der Waals surface area contributed by atoms with Crippen molar-refractivity contribution in [2.75, 3.05) is 4.90 Å². The quantitative estimate of drug-likeness (QED) is 0.194. The summed E-state index contributed by atoms with van der Waals surface area (Å²) >= 11 is 0. The summed E-state index contributed by atoms with van der Waals surface area (Å²) in [6.07, 6.45) is 0. The molecule has 1 aliphatic carbocycles. The van der Waals surface area contributed by atoms with Gasteiger partial charge in [0.05, 0.1) is 11.4 Å². The van der Waals surface area contributed by atoms with Crippen molar-refractivity contribution in [2.24, 2.45) is 0 Å². The molecule has 2 aliphatic rings. The number of benzene rings is 7. The zero-order valence-electron chi connectivity index (χ0n) is 27.4. The van der Waals surface area contributed by atoms with Crippen molar-refractivity contribution >= 4 is 27.8 Å². The zero-order valence-corrected chi connectivity index (χ0v) is 27.4. The fourth-order valence-corrected chi connectivity index (χ4v) is 8.21. The Morgan fingerprint density at radius 3 is 1.62 bits per heavy atom. The van der Waals surface area contributed by atoms with Crippen LogP contribution in [0.2, 0.25) is 0 Å². The van der Waals surface area contributed by atoms with E-state index in [1.807, 2.05) is 0 Å². The van der Waals surface area contributed by atoms with Gasteiger partial charge in [0.15, 0.2) is 0 Å². The monoisotopic (exact) mass is 603 g/mol. The molecule has 7 aromatic carbocycles. The Morgan fingerprint density at radius 2 is 0.894 bits per heavy atom. The fraction of sp³-hybridized carbons (Fsp3) is 0.130. The van der Waals surface area contributed by atoms with E-state index in [-0.39, 0.29) is 10.8 Å². The molecule has 0 bridgehead atoms. The van der Waals surface area contributed by atoms with E-state index >= 15 is 0 Å². The lowest BCUT2D eigenvalue weighted by Gasteiger charge is -2.42. The first-order valence-electron chi connectivity index (χ1n) is 16.7. The highest BCUT2D eigenvalue weighted by atomic mass is 15.2. The van der Waals surface area contributed by atoms with Gasteiger partial charge in [-0.15, -0.1) is 0 Å². The molecule has 0 N–H and O–H groups in total. The molecule has 0 radical (unpaired) electrons. The second-order valence-corrected chi connectivity index (χ2v) is 14.3. The van der Waals surface area contributed by atoms with Gasteiger partial charge in [0.2, 0.25) is 0 Å². The highest BCUT2D eigenvalue weighted by molar-refractivity contribution is 5.94. The van der Waals surface area contributed by atoms with Crippen molar-refractivity contribution < 1.29 is 0 Å². The molecule has 226 valence electrons. The van der Waals surface area contributed by atoms with Crippen LogP contribution in [0.4, 0.5) is 17.1 Å². The minimum atomic E-state index is -0.217. The predicted octanol–water partition coefficient (Wildman–Crippen LogP) is 12.6. The standard InChI is InChI=1S/C46H37N/c1-45(2)39-17-11-10-16-37(39)38-23-19-34(27-40(38)45)35-21-25-44-42(29-35)46(3,4)41-28-33(30-12-6-5-7-13-30)20-24-43(41)47(44)36-22-18-31-14-8-9-15-32(31)26-36/h5-29H,1-4H3. The van der Waals surface area contributed by atoms with Gasteiger partial charge in [-0.3, -0.25) is 0 Å². The van der Waals surface area contributed by atoms with E-state index < -0.39 is 0 Å². The van der Waals surface area contributed by atoms with Gasteiger partial charge in [-0.2, -0.15) is 0 Å². The van der Waals surface area contributed by atoms with Crippen molar-refractivity contribution in [2.45, 2.75) is 38.5 Å². The van der Waals surface area contributed by atoms with Gasteiger partial charge < -0.3 is 4.90 Å². The molecule has 47 heavy (non-hydrogen) atoms. The van der Waals surface area contributed by atoms with E-state index in [2.05, 4.69) is 184 Å². The van der Waals surface area contributed by atoms with E-state index in [4.69, 9.17) is 0 Å². The number of hydrogen-bond acceptors (Lipinski definition) is 1. The first-order chi connectivity index (χ1) is 22.8. The molecule has 0 atom stereocenters. The van der Waals surface area contributed by atoms with Crippen LogP contribution in [0.5, 0.6) is 0 Å². The number of nitrogens with zero attached hydrogens (tertiary/aromatic N) is 1. The second-order valence-electron chi connectivity index (χ2n) is 14.3. The van der Waals surface area contributed by atoms with Gasteiger partial charge in [0.25, 0.3) is 0 Å². The molecule has 1 aliphatic heterocycles. The van der Waals surface area contributed by atoms with Crippen molar-refractivity contribution in [1.82, 2.24) is 0 Å². The van der Waals surface area contributed by atoms with Crippen LogP contribution in [-0.2, 0) is 10.8 Å². The Hall–Kier alpha value is -5.40. The molecule has 0 saturated carbocycles. The van der Waals surface area contributed by atoms with Crippen LogP contribution in [0.1, 0.15) is 49.9 Å². The largest absolute Gasteiger partial charge is 0.310 e. The fourth-order valence-electron chi connectivity index (χ4n) is 8.21. The van der Waals surface area contributed by atoms with Crippen LogP contribution >= 0.6 is 0 Å². The molecule has 9 rings (SSSR count). The molecule has 1 heterocycles. The normalized spacial score (nSPS) is 15.1. The van der Waals surface area contributed by atoms with Crippen LogP contribution in [0.3, 0.4) is 0 Å². The molecule has 0 fully saturated rings. The van der Waals surface area contributed by atoms with Gasteiger partial charge in [0.1, 0.15) is 0 Å². The highest BCUT2D eigenvalue weighted by Crippen LogP contribution is 2.54. The van der Waals surface area contributed by atoms with Crippen LogP contribution < -0.4 is 4.90 Å². The first kappa shape index (κ1) is 27.9. The van der Waals surface area contributed by atoms with Gasteiger partial charge in [-0.05, 0) is 109 Å².